The number of nitrogens with one attached hydrogen (secondary N) is 1. The van der Waals surface area contributed by atoms with E-state index in [-0.39, 0.29) is 0 Å². The first kappa shape index (κ1) is 15.3. The lowest BCUT2D eigenvalue weighted by Crippen LogP contribution is -2.40. The Morgan fingerprint density at radius 3 is 2.67 bits per heavy atom. The normalized spacial score (nSPS) is 16.0. The lowest BCUT2D eigenvalue weighted by molar-refractivity contribution is 0.519. The van der Waals surface area contributed by atoms with Gasteiger partial charge in [0.05, 0.1) is 5.69 Å². The van der Waals surface area contributed by atoms with Gasteiger partial charge in [-0.05, 0) is 33.6 Å². The Balaban J connectivity index is 1.52. The van der Waals surface area contributed by atoms with Crippen LogP contribution in [0.3, 0.4) is 0 Å². The molecular weight excluding hydrogens is 322 g/mol. The minimum atomic E-state index is 0.473. The number of aryl methyl sites for hydroxylation is 2. The summed E-state index contributed by atoms with van der Waals surface area (Å²) in [4.78, 5) is 15.7. The highest BCUT2D eigenvalue weighted by molar-refractivity contribution is 7.13. The zero-order valence-corrected chi connectivity index (χ0v) is 15.0. The minimum absolute atomic E-state index is 0.473. The van der Waals surface area contributed by atoms with Crippen LogP contribution in [0.25, 0.3) is 5.78 Å². The highest BCUT2D eigenvalue weighted by Crippen LogP contribution is 2.27. The Morgan fingerprint density at radius 2 is 1.96 bits per heavy atom. The summed E-state index contributed by atoms with van der Waals surface area (Å²) < 4.78 is 1.86. The molecule has 0 atom stereocenters. The van der Waals surface area contributed by atoms with Gasteiger partial charge in [-0.1, -0.05) is 0 Å². The van der Waals surface area contributed by atoms with Crippen molar-refractivity contribution in [1.82, 2.24) is 24.6 Å². The third kappa shape index (κ3) is 2.71. The van der Waals surface area contributed by atoms with Crippen molar-refractivity contribution < 1.29 is 0 Å². The fourth-order valence-electron chi connectivity index (χ4n) is 3.22. The Hall–Kier alpha value is -2.22. The summed E-state index contributed by atoms with van der Waals surface area (Å²) in [5.41, 5.74) is 3.27. The van der Waals surface area contributed by atoms with Gasteiger partial charge in [-0.25, -0.2) is 9.97 Å². The first-order chi connectivity index (χ1) is 11.6. The molecule has 126 valence electrons. The second-order valence-electron chi connectivity index (χ2n) is 6.32. The molecule has 0 saturated carbocycles. The van der Waals surface area contributed by atoms with Crippen molar-refractivity contribution in [2.45, 2.75) is 39.7 Å². The molecule has 8 heteroatoms. The van der Waals surface area contributed by atoms with Gasteiger partial charge in [0.15, 0.2) is 5.13 Å². The number of piperidine rings is 1. The van der Waals surface area contributed by atoms with E-state index in [1.165, 1.54) is 5.56 Å². The zero-order valence-electron chi connectivity index (χ0n) is 14.2. The third-order valence-electron chi connectivity index (χ3n) is 4.62. The van der Waals surface area contributed by atoms with Crippen LogP contribution >= 0.6 is 11.3 Å². The second kappa shape index (κ2) is 6.01. The van der Waals surface area contributed by atoms with Crippen LogP contribution in [0.15, 0.2) is 11.7 Å². The topological polar surface area (TPSA) is 71.2 Å². The first-order valence-electron chi connectivity index (χ1n) is 8.22. The second-order valence-corrected chi connectivity index (χ2v) is 7.18. The lowest BCUT2D eigenvalue weighted by atomic mass is 10.0. The summed E-state index contributed by atoms with van der Waals surface area (Å²) in [6.07, 6.45) is 3.73. The lowest BCUT2D eigenvalue weighted by Gasteiger charge is -2.34. The average molecular weight is 343 g/mol. The molecule has 0 spiro atoms. The van der Waals surface area contributed by atoms with Gasteiger partial charge in [-0.2, -0.15) is 14.6 Å². The summed E-state index contributed by atoms with van der Waals surface area (Å²) in [5.74, 6) is 1.80. The maximum atomic E-state index is 4.51. The van der Waals surface area contributed by atoms with Crippen LogP contribution < -0.4 is 10.2 Å². The summed E-state index contributed by atoms with van der Waals surface area (Å²) >= 11 is 1.68. The van der Waals surface area contributed by atoms with Gasteiger partial charge in [-0.3, -0.25) is 0 Å². The zero-order chi connectivity index (χ0) is 16.7. The van der Waals surface area contributed by atoms with E-state index in [1.807, 2.05) is 18.4 Å². The number of hydrogen-bond acceptors (Lipinski definition) is 7. The van der Waals surface area contributed by atoms with Crippen LogP contribution in [-0.4, -0.2) is 43.7 Å². The highest BCUT2D eigenvalue weighted by Gasteiger charge is 2.24. The number of rotatable bonds is 3. The number of fused-ring (bicyclic) bond motifs is 1. The van der Waals surface area contributed by atoms with Crippen molar-refractivity contribution >= 4 is 28.1 Å². The molecule has 1 saturated heterocycles. The standard InChI is InChI=1S/C16H21N7S/c1-10-8-24-16(19-10)21-13-4-6-22(7-5-13)14-11(2)12(3)20-15-17-9-18-23(14)15/h8-9,13H,4-7H2,1-3H3,(H,19,21). The van der Waals surface area contributed by atoms with Crippen molar-refractivity contribution in [3.8, 4) is 0 Å². The quantitative estimate of drug-likeness (QED) is 0.788. The van der Waals surface area contributed by atoms with Crippen molar-refractivity contribution in [3.63, 3.8) is 0 Å². The van der Waals surface area contributed by atoms with Crippen LogP contribution in [-0.2, 0) is 0 Å². The predicted molar refractivity (Wildman–Crippen MR) is 96.0 cm³/mol. The fraction of sp³-hybridized carbons (Fsp3) is 0.500. The van der Waals surface area contributed by atoms with E-state index in [0.717, 1.165) is 48.3 Å². The molecule has 1 aliphatic heterocycles. The summed E-state index contributed by atoms with van der Waals surface area (Å²) in [6, 6.07) is 0.473. The van der Waals surface area contributed by atoms with Gasteiger partial charge in [0.2, 0.25) is 0 Å². The Morgan fingerprint density at radius 1 is 1.17 bits per heavy atom. The predicted octanol–water partition coefficient (Wildman–Crippen LogP) is 2.59. The van der Waals surface area contributed by atoms with E-state index in [1.54, 1.807) is 17.7 Å². The van der Waals surface area contributed by atoms with E-state index in [0.29, 0.717) is 11.8 Å². The molecule has 4 rings (SSSR count). The maximum Gasteiger partial charge on any atom is 0.254 e. The van der Waals surface area contributed by atoms with Crippen LogP contribution in [0, 0.1) is 20.8 Å². The maximum absolute atomic E-state index is 4.51. The average Bonchev–Trinajstić information content (AvgIpc) is 3.18. The van der Waals surface area contributed by atoms with Gasteiger partial charge in [0.1, 0.15) is 12.1 Å². The van der Waals surface area contributed by atoms with Crippen LogP contribution in [0.5, 0.6) is 0 Å². The van der Waals surface area contributed by atoms with E-state index in [9.17, 15) is 0 Å². The minimum Gasteiger partial charge on any atom is -0.359 e. The molecule has 3 aromatic heterocycles. The van der Waals surface area contributed by atoms with Crippen LogP contribution in [0.1, 0.15) is 29.8 Å². The Bertz CT molecular complexity index is 861. The molecule has 0 radical (unpaired) electrons. The van der Waals surface area contributed by atoms with Crippen LogP contribution in [0.4, 0.5) is 10.9 Å². The van der Waals surface area contributed by atoms with Crippen molar-refractivity contribution in [2.24, 2.45) is 0 Å². The fourth-order valence-corrected chi connectivity index (χ4v) is 3.98. The van der Waals surface area contributed by atoms with Gasteiger partial charge in [0, 0.05) is 35.8 Å². The number of thiazole rings is 1. The smallest absolute Gasteiger partial charge is 0.254 e. The molecule has 1 fully saturated rings. The van der Waals surface area contributed by atoms with E-state index in [4.69, 9.17) is 0 Å². The molecule has 0 amide bonds. The monoisotopic (exact) mass is 343 g/mol. The van der Waals surface area contributed by atoms with Crippen molar-refractivity contribution in [3.05, 3.63) is 28.7 Å². The molecule has 1 aliphatic rings. The van der Waals surface area contributed by atoms with Crippen molar-refractivity contribution in [1.29, 1.82) is 0 Å². The molecular formula is C16H21N7S. The van der Waals surface area contributed by atoms with Crippen LogP contribution in [0.2, 0.25) is 0 Å². The number of nitrogens with zero attached hydrogens (tertiary/aromatic N) is 6. The number of aromatic nitrogens is 5. The summed E-state index contributed by atoms with van der Waals surface area (Å²) in [7, 11) is 0. The van der Waals surface area contributed by atoms with E-state index >= 15 is 0 Å². The number of hydrogen-bond donors (Lipinski definition) is 1. The van der Waals surface area contributed by atoms with Gasteiger partial charge in [0.25, 0.3) is 5.78 Å². The summed E-state index contributed by atoms with van der Waals surface area (Å²) in [6.45, 7) is 8.15. The highest BCUT2D eigenvalue weighted by atomic mass is 32.1. The van der Waals surface area contributed by atoms with E-state index in [2.05, 4.69) is 42.6 Å². The van der Waals surface area contributed by atoms with Crippen molar-refractivity contribution in [2.75, 3.05) is 23.3 Å². The molecule has 7 nitrogen and oxygen atoms in total. The molecule has 0 bridgehead atoms. The SMILES string of the molecule is Cc1csc(NC2CCN(c3c(C)c(C)nc4ncnn34)CC2)n1. The Labute approximate surface area is 144 Å². The molecule has 4 heterocycles. The molecule has 0 aromatic carbocycles. The summed E-state index contributed by atoms with van der Waals surface area (Å²) in [5, 5.41) is 11.0. The third-order valence-corrected chi connectivity index (χ3v) is 5.51. The molecule has 0 aliphatic carbocycles. The Kier molecular flexibility index (Phi) is 3.84. The molecule has 1 N–H and O–H groups in total. The van der Waals surface area contributed by atoms with E-state index < -0.39 is 0 Å². The molecule has 24 heavy (non-hydrogen) atoms. The van der Waals surface area contributed by atoms with Gasteiger partial charge < -0.3 is 10.2 Å². The van der Waals surface area contributed by atoms with Gasteiger partial charge in [-0.15, -0.1) is 11.3 Å². The molecule has 3 aromatic rings. The number of anilines is 2. The molecule has 0 unspecified atom stereocenters. The van der Waals surface area contributed by atoms with Gasteiger partial charge >= 0.3 is 0 Å². The first-order valence-corrected chi connectivity index (χ1v) is 9.10. The largest absolute Gasteiger partial charge is 0.359 e.